The Hall–Kier alpha value is -1.13. The maximum Gasteiger partial charge on any atom is 0.137 e. The molecule has 84 valence electrons. The molecule has 0 radical (unpaired) electrons. The molecule has 0 aliphatic heterocycles. The third-order valence-electron chi connectivity index (χ3n) is 2.19. The molecule has 1 N–H and O–H groups in total. The van der Waals surface area contributed by atoms with Crippen molar-refractivity contribution in [3.63, 3.8) is 0 Å². The second-order valence-corrected chi connectivity index (χ2v) is 4.29. The second kappa shape index (κ2) is 5.27. The topological polar surface area (TPSA) is 25.2 Å². The van der Waals surface area contributed by atoms with Gasteiger partial charge in [0.1, 0.15) is 11.6 Å². The van der Waals surface area contributed by atoms with E-state index in [-0.39, 0.29) is 5.82 Å². The zero-order chi connectivity index (χ0) is 11.4. The van der Waals surface area contributed by atoms with Crippen molar-refractivity contribution in [1.82, 2.24) is 5.32 Å². The molecule has 0 unspecified atom stereocenters. The van der Waals surface area contributed by atoms with Crippen molar-refractivity contribution in [3.8, 4) is 0 Å². The lowest BCUT2D eigenvalue weighted by Crippen LogP contribution is -2.12. The average molecular weight is 284 g/mol. The van der Waals surface area contributed by atoms with Crippen LogP contribution in [0.1, 0.15) is 11.3 Å². The first kappa shape index (κ1) is 11.4. The molecule has 0 fully saturated rings. The van der Waals surface area contributed by atoms with E-state index in [1.165, 1.54) is 6.07 Å². The molecular formula is C12H11BrFNO. The first-order chi connectivity index (χ1) is 7.75. The molecule has 0 aliphatic carbocycles. The SMILES string of the molecule is Fc1ccc(CNCc2ccco2)cc1Br. The summed E-state index contributed by atoms with van der Waals surface area (Å²) >= 11 is 3.16. The summed E-state index contributed by atoms with van der Waals surface area (Å²) in [5.74, 6) is 0.649. The highest BCUT2D eigenvalue weighted by molar-refractivity contribution is 9.10. The summed E-state index contributed by atoms with van der Waals surface area (Å²) in [6.07, 6.45) is 1.64. The lowest BCUT2D eigenvalue weighted by atomic mass is 10.2. The molecular weight excluding hydrogens is 273 g/mol. The molecule has 1 aromatic carbocycles. The van der Waals surface area contributed by atoms with E-state index in [4.69, 9.17) is 4.42 Å². The third-order valence-corrected chi connectivity index (χ3v) is 2.80. The fourth-order valence-electron chi connectivity index (χ4n) is 1.39. The second-order valence-electron chi connectivity index (χ2n) is 3.43. The average Bonchev–Trinajstić information content (AvgIpc) is 2.76. The van der Waals surface area contributed by atoms with Gasteiger partial charge in [-0.15, -0.1) is 0 Å². The first-order valence-corrected chi connectivity index (χ1v) is 5.72. The van der Waals surface area contributed by atoms with E-state index in [2.05, 4.69) is 21.2 Å². The van der Waals surface area contributed by atoms with Gasteiger partial charge in [0.25, 0.3) is 0 Å². The molecule has 16 heavy (non-hydrogen) atoms. The summed E-state index contributed by atoms with van der Waals surface area (Å²) in [7, 11) is 0. The molecule has 4 heteroatoms. The summed E-state index contributed by atoms with van der Waals surface area (Å²) in [5.41, 5.74) is 1.03. The van der Waals surface area contributed by atoms with Crippen LogP contribution in [0, 0.1) is 5.82 Å². The Labute approximate surface area is 102 Å². The molecule has 0 spiro atoms. The van der Waals surface area contributed by atoms with Crippen molar-refractivity contribution in [3.05, 3.63) is 58.2 Å². The van der Waals surface area contributed by atoms with Gasteiger partial charge in [-0.05, 0) is 45.8 Å². The van der Waals surface area contributed by atoms with Crippen LogP contribution in [0.15, 0.2) is 45.5 Å². The molecule has 0 aliphatic rings. The summed E-state index contributed by atoms with van der Waals surface area (Å²) < 4.78 is 18.6. The minimum Gasteiger partial charge on any atom is -0.468 e. The van der Waals surface area contributed by atoms with E-state index in [1.54, 1.807) is 18.4 Å². The largest absolute Gasteiger partial charge is 0.468 e. The van der Waals surface area contributed by atoms with Gasteiger partial charge in [-0.3, -0.25) is 0 Å². The van der Waals surface area contributed by atoms with Gasteiger partial charge >= 0.3 is 0 Å². The third kappa shape index (κ3) is 2.93. The Morgan fingerprint density at radius 3 is 2.81 bits per heavy atom. The molecule has 1 heterocycles. The summed E-state index contributed by atoms with van der Waals surface area (Å²) in [4.78, 5) is 0. The molecule has 0 amide bonds. The van der Waals surface area contributed by atoms with Crippen molar-refractivity contribution >= 4 is 15.9 Å². The Balaban J connectivity index is 1.87. The number of furan rings is 1. The van der Waals surface area contributed by atoms with E-state index >= 15 is 0 Å². The van der Waals surface area contributed by atoms with Crippen LogP contribution in [0.4, 0.5) is 4.39 Å². The summed E-state index contributed by atoms with van der Waals surface area (Å²) in [5, 5.41) is 3.21. The predicted molar refractivity (Wildman–Crippen MR) is 63.4 cm³/mol. The molecule has 0 saturated carbocycles. The Morgan fingerprint density at radius 2 is 2.12 bits per heavy atom. The van der Waals surface area contributed by atoms with Crippen LogP contribution in [0.25, 0.3) is 0 Å². The molecule has 0 atom stereocenters. The van der Waals surface area contributed by atoms with Crippen LogP contribution in [0.5, 0.6) is 0 Å². The normalized spacial score (nSPS) is 10.6. The van der Waals surface area contributed by atoms with E-state index < -0.39 is 0 Å². The van der Waals surface area contributed by atoms with Gasteiger partial charge in [0, 0.05) is 6.54 Å². The Kier molecular flexibility index (Phi) is 3.74. The van der Waals surface area contributed by atoms with Gasteiger partial charge in [0.05, 0.1) is 17.3 Å². The quantitative estimate of drug-likeness (QED) is 0.930. The van der Waals surface area contributed by atoms with Gasteiger partial charge < -0.3 is 9.73 Å². The van der Waals surface area contributed by atoms with Gasteiger partial charge in [-0.2, -0.15) is 0 Å². The standard InChI is InChI=1S/C12H11BrFNO/c13-11-6-9(3-4-12(11)14)7-15-8-10-2-1-5-16-10/h1-6,15H,7-8H2. The predicted octanol–water partition coefficient (Wildman–Crippen LogP) is 3.47. The van der Waals surface area contributed by atoms with Crippen molar-refractivity contribution in [2.45, 2.75) is 13.1 Å². The molecule has 2 nitrogen and oxygen atoms in total. The number of benzene rings is 1. The molecule has 1 aromatic heterocycles. The fraction of sp³-hybridized carbons (Fsp3) is 0.167. The van der Waals surface area contributed by atoms with E-state index in [1.807, 2.05) is 12.1 Å². The first-order valence-electron chi connectivity index (χ1n) is 4.93. The van der Waals surface area contributed by atoms with E-state index in [0.717, 1.165) is 11.3 Å². The highest BCUT2D eigenvalue weighted by Gasteiger charge is 2.00. The molecule has 2 aromatic rings. The van der Waals surface area contributed by atoms with Crippen molar-refractivity contribution in [2.75, 3.05) is 0 Å². The van der Waals surface area contributed by atoms with Gasteiger partial charge in [-0.1, -0.05) is 6.07 Å². The van der Waals surface area contributed by atoms with Gasteiger partial charge in [0.15, 0.2) is 0 Å². The van der Waals surface area contributed by atoms with Crippen LogP contribution < -0.4 is 5.32 Å². The molecule has 0 bridgehead atoms. The van der Waals surface area contributed by atoms with Crippen LogP contribution >= 0.6 is 15.9 Å². The zero-order valence-electron chi connectivity index (χ0n) is 8.54. The van der Waals surface area contributed by atoms with Crippen LogP contribution in [-0.2, 0) is 13.1 Å². The van der Waals surface area contributed by atoms with Crippen molar-refractivity contribution < 1.29 is 8.81 Å². The minimum absolute atomic E-state index is 0.241. The number of halogens is 2. The molecule has 0 saturated heterocycles. The number of rotatable bonds is 4. The number of nitrogens with one attached hydrogen (secondary N) is 1. The summed E-state index contributed by atoms with van der Waals surface area (Å²) in [6.45, 7) is 1.35. The lowest BCUT2D eigenvalue weighted by Gasteiger charge is -2.04. The van der Waals surface area contributed by atoms with Crippen LogP contribution in [0.3, 0.4) is 0 Å². The minimum atomic E-state index is -0.241. The monoisotopic (exact) mass is 283 g/mol. The zero-order valence-corrected chi connectivity index (χ0v) is 10.1. The van der Waals surface area contributed by atoms with Crippen molar-refractivity contribution in [1.29, 1.82) is 0 Å². The maximum atomic E-state index is 13.0. The van der Waals surface area contributed by atoms with Crippen molar-refractivity contribution in [2.24, 2.45) is 0 Å². The highest BCUT2D eigenvalue weighted by atomic mass is 79.9. The number of hydrogen-bond donors (Lipinski definition) is 1. The van der Waals surface area contributed by atoms with Crippen LogP contribution in [-0.4, -0.2) is 0 Å². The highest BCUT2D eigenvalue weighted by Crippen LogP contribution is 2.16. The lowest BCUT2D eigenvalue weighted by molar-refractivity contribution is 0.483. The van der Waals surface area contributed by atoms with Gasteiger partial charge in [-0.25, -0.2) is 4.39 Å². The van der Waals surface area contributed by atoms with Gasteiger partial charge in [0.2, 0.25) is 0 Å². The summed E-state index contributed by atoms with van der Waals surface area (Å²) in [6, 6.07) is 8.74. The maximum absolute atomic E-state index is 13.0. The Bertz CT molecular complexity index is 456. The fourth-order valence-corrected chi connectivity index (χ4v) is 1.82. The smallest absolute Gasteiger partial charge is 0.137 e. The molecule has 2 rings (SSSR count). The number of hydrogen-bond acceptors (Lipinski definition) is 2. The van der Waals surface area contributed by atoms with E-state index in [9.17, 15) is 4.39 Å². The van der Waals surface area contributed by atoms with E-state index in [0.29, 0.717) is 17.6 Å². The van der Waals surface area contributed by atoms with Crippen LogP contribution in [0.2, 0.25) is 0 Å². The Morgan fingerprint density at radius 1 is 1.25 bits per heavy atom.